The van der Waals surface area contributed by atoms with E-state index in [-0.39, 0.29) is 5.91 Å². The zero-order valence-electron chi connectivity index (χ0n) is 4.48. The highest BCUT2D eigenvalue weighted by atomic mass is 16.2. The van der Waals surface area contributed by atoms with Crippen molar-refractivity contribution in [1.29, 1.82) is 0 Å². The molecule has 0 fully saturated rings. The van der Waals surface area contributed by atoms with Gasteiger partial charge in [0.1, 0.15) is 0 Å². The maximum atomic E-state index is 10.5. The van der Waals surface area contributed by atoms with Gasteiger partial charge in [-0.15, -0.1) is 0 Å². The van der Waals surface area contributed by atoms with E-state index in [1.807, 2.05) is 6.08 Å². The van der Waals surface area contributed by atoms with Crippen molar-refractivity contribution in [2.24, 2.45) is 0 Å². The van der Waals surface area contributed by atoms with Gasteiger partial charge in [0, 0.05) is 12.6 Å². The Hall–Kier alpha value is -0.990. The molecule has 0 spiro atoms. The minimum atomic E-state index is 0.0509. The summed E-state index contributed by atoms with van der Waals surface area (Å²) >= 11 is 0. The summed E-state index contributed by atoms with van der Waals surface area (Å²) in [4.78, 5) is 10.5. The van der Waals surface area contributed by atoms with Crippen LogP contribution in [0.4, 0.5) is 0 Å². The van der Waals surface area contributed by atoms with Crippen LogP contribution in [0.15, 0.2) is 12.3 Å². The molecule has 0 saturated carbocycles. The minimum absolute atomic E-state index is 0.0509. The van der Waals surface area contributed by atoms with Crippen molar-refractivity contribution < 1.29 is 4.79 Å². The second kappa shape index (κ2) is 2.35. The fraction of sp³-hybridized carbons (Fsp3) is 0.400. The van der Waals surface area contributed by atoms with Crippen molar-refractivity contribution in [3.8, 4) is 0 Å². The molecule has 1 aliphatic heterocycles. The van der Waals surface area contributed by atoms with Crippen LogP contribution in [0.25, 0.3) is 0 Å². The molecule has 0 aromatic rings. The maximum Gasteiger partial charge on any atom is 0.238 e. The fourth-order valence-corrected chi connectivity index (χ4v) is 0.541. The average molecular weight is 112 g/mol. The molecule has 3 heteroatoms. The molecule has 0 aromatic heterocycles. The van der Waals surface area contributed by atoms with Gasteiger partial charge in [0.2, 0.25) is 5.91 Å². The number of carbonyl (C=O) groups is 1. The molecule has 3 nitrogen and oxygen atoms in total. The highest BCUT2D eigenvalue weighted by Crippen LogP contribution is 1.91. The normalized spacial score (nSPS) is 18.8. The third-order valence-electron chi connectivity index (χ3n) is 0.951. The smallest absolute Gasteiger partial charge is 0.238 e. The Kier molecular flexibility index (Phi) is 1.51. The van der Waals surface area contributed by atoms with E-state index >= 15 is 0 Å². The Morgan fingerprint density at radius 1 is 1.62 bits per heavy atom. The van der Waals surface area contributed by atoms with Gasteiger partial charge in [0.05, 0.1) is 0 Å². The molecule has 2 N–H and O–H groups in total. The SMILES string of the molecule is O=C1CCC=CNN1. The first-order valence-electron chi connectivity index (χ1n) is 2.59. The second-order valence-electron chi connectivity index (χ2n) is 1.63. The molecule has 0 unspecified atom stereocenters. The van der Waals surface area contributed by atoms with E-state index < -0.39 is 0 Å². The van der Waals surface area contributed by atoms with Crippen molar-refractivity contribution in [3.63, 3.8) is 0 Å². The summed E-state index contributed by atoms with van der Waals surface area (Å²) in [7, 11) is 0. The molecule has 44 valence electrons. The van der Waals surface area contributed by atoms with E-state index in [4.69, 9.17) is 0 Å². The Morgan fingerprint density at radius 2 is 2.50 bits per heavy atom. The third kappa shape index (κ3) is 1.26. The molecule has 1 aliphatic rings. The standard InChI is InChI=1S/C5H8N2O/c8-5-3-1-2-4-6-7-5/h2,4,6H,1,3H2,(H,7,8). The van der Waals surface area contributed by atoms with E-state index in [1.165, 1.54) is 0 Å². The average Bonchev–Trinajstić information content (AvgIpc) is 1.94. The molecule has 1 rings (SSSR count). The highest BCUT2D eigenvalue weighted by Gasteiger charge is 1.98. The Labute approximate surface area is 47.7 Å². The first-order valence-corrected chi connectivity index (χ1v) is 2.59. The Balaban J connectivity index is 2.39. The molecular formula is C5H8N2O. The Morgan fingerprint density at radius 3 is 3.38 bits per heavy atom. The molecule has 0 bridgehead atoms. The first-order chi connectivity index (χ1) is 3.89. The number of allylic oxidation sites excluding steroid dienone is 1. The van der Waals surface area contributed by atoms with Crippen LogP contribution in [-0.4, -0.2) is 5.91 Å². The lowest BCUT2D eigenvalue weighted by Crippen LogP contribution is -2.31. The van der Waals surface area contributed by atoms with Crippen LogP contribution < -0.4 is 10.9 Å². The van der Waals surface area contributed by atoms with Gasteiger partial charge in [-0.25, -0.2) is 0 Å². The van der Waals surface area contributed by atoms with Gasteiger partial charge in [-0.1, -0.05) is 6.08 Å². The summed E-state index contributed by atoms with van der Waals surface area (Å²) in [6.07, 6.45) is 5.06. The van der Waals surface area contributed by atoms with Crippen LogP contribution in [0.2, 0.25) is 0 Å². The predicted octanol–water partition coefficient (Wildman–Crippen LogP) is -0.0853. The third-order valence-corrected chi connectivity index (χ3v) is 0.951. The van der Waals surface area contributed by atoms with E-state index in [0.717, 1.165) is 6.42 Å². The molecule has 8 heavy (non-hydrogen) atoms. The van der Waals surface area contributed by atoms with Crippen molar-refractivity contribution >= 4 is 5.91 Å². The first kappa shape index (κ1) is 5.15. The number of hydrogen-bond acceptors (Lipinski definition) is 2. The zero-order valence-corrected chi connectivity index (χ0v) is 4.48. The fourth-order valence-electron chi connectivity index (χ4n) is 0.541. The van der Waals surface area contributed by atoms with Crippen LogP contribution in [0.1, 0.15) is 12.8 Å². The topological polar surface area (TPSA) is 41.1 Å². The highest BCUT2D eigenvalue weighted by molar-refractivity contribution is 5.75. The van der Waals surface area contributed by atoms with Crippen LogP contribution in [0.3, 0.4) is 0 Å². The summed E-state index contributed by atoms with van der Waals surface area (Å²) in [6, 6.07) is 0. The summed E-state index contributed by atoms with van der Waals surface area (Å²) in [5.74, 6) is 0.0509. The Bertz CT molecular complexity index is 108. The number of hydrogen-bond donors (Lipinski definition) is 2. The number of carbonyl (C=O) groups excluding carboxylic acids is 1. The van der Waals surface area contributed by atoms with Gasteiger partial charge < -0.3 is 5.43 Å². The molecule has 1 amide bonds. The largest absolute Gasteiger partial charge is 0.306 e. The summed E-state index contributed by atoms with van der Waals surface area (Å²) in [5.41, 5.74) is 5.09. The van der Waals surface area contributed by atoms with E-state index in [9.17, 15) is 4.79 Å². The van der Waals surface area contributed by atoms with Gasteiger partial charge in [-0.3, -0.25) is 10.2 Å². The molecule has 0 aliphatic carbocycles. The van der Waals surface area contributed by atoms with Crippen LogP contribution in [0.5, 0.6) is 0 Å². The second-order valence-corrected chi connectivity index (χ2v) is 1.63. The summed E-state index contributed by atoms with van der Waals surface area (Å²) in [6.45, 7) is 0. The van der Waals surface area contributed by atoms with Crippen LogP contribution in [0, 0.1) is 0 Å². The molecule has 0 saturated heterocycles. The van der Waals surface area contributed by atoms with Gasteiger partial charge in [-0.05, 0) is 6.42 Å². The van der Waals surface area contributed by atoms with Crippen molar-refractivity contribution in [1.82, 2.24) is 10.9 Å². The lowest BCUT2D eigenvalue weighted by Gasteiger charge is -1.96. The summed E-state index contributed by atoms with van der Waals surface area (Å²) in [5, 5.41) is 0. The van der Waals surface area contributed by atoms with Crippen LogP contribution in [-0.2, 0) is 4.79 Å². The van der Waals surface area contributed by atoms with Gasteiger partial charge >= 0.3 is 0 Å². The van der Waals surface area contributed by atoms with Crippen LogP contribution >= 0.6 is 0 Å². The number of nitrogens with one attached hydrogen (secondary N) is 2. The molecule has 0 atom stereocenters. The van der Waals surface area contributed by atoms with E-state index in [1.54, 1.807) is 6.20 Å². The minimum Gasteiger partial charge on any atom is -0.306 e. The van der Waals surface area contributed by atoms with Gasteiger partial charge in [0.25, 0.3) is 0 Å². The van der Waals surface area contributed by atoms with Gasteiger partial charge in [0.15, 0.2) is 0 Å². The lowest BCUT2D eigenvalue weighted by molar-refractivity contribution is -0.121. The lowest BCUT2D eigenvalue weighted by atomic mass is 10.3. The molecular weight excluding hydrogens is 104 g/mol. The van der Waals surface area contributed by atoms with E-state index in [0.29, 0.717) is 6.42 Å². The summed E-state index contributed by atoms with van der Waals surface area (Å²) < 4.78 is 0. The molecule has 0 aromatic carbocycles. The number of rotatable bonds is 0. The molecule has 0 radical (unpaired) electrons. The monoisotopic (exact) mass is 112 g/mol. The zero-order chi connectivity index (χ0) is 5.82. The quantitative estimate of drug-likeness (QED) is 0.460. The number of amides is 1. The maximum absolute atomic E-state index is 10.5. The van der Waals surface area contributed by atoms with Gasteiger partial charge in [-0.2, -0.15) is 0 Å². The van der Waals surface area contributed by atoms with Crippen molar-refractivity contribution in [2.45, 2.75) is 12.8 Å². The number of hydrazine groups is 1. The van der Waals surface area contributed by atoms with Crippen molar-refractivity contribution in [2.75, 3.05) is 0 Å². The van der Waals surface area contributed by atoms with Crippen molar-refractivity contribution in [3.05, 3.63) is 12.3 Å². The van der Waals surface area contributed by atoms with E-state index in [2.05, 4.69) is 10.9 Å². The molecule has 1 heterocycles. The predicted molar refractivity (Wildman–Crippen MR) is 29.7 cm³/mol.